The first kappa shape index (κ1) is 22.9. The Balaban J connectivity index is 1.92. The second-order valence-electron chi connectivity index (χ2n) is 7.40. The highest BCUT2D eigenvalue weighted by atomic mass is 32.2. The van der Waals surface area contributed by atoms with Gasteiger partial charge in [-0.15, -0.1) is 0 Å². The van der Waals surface area contributed by atoms with Crippen LogP contribution in [0.1, 0.15) is 37.4 Å². The van der Waals surface area contributed by atoms with Gasteiger partial charge in [-0.1, -0.05) is 6.07 Å². The monoisotopic (exact) mass is 446 g/mol. The standard InChI is InChI=1S/C22H26N2O6S/c1-14-5-6-18(31(27,28)24-7-9-30-10-8-24)13-19(14)21(25)23-17-11-15(2)16(3)20(12-17)22(26)29-4/h5-6,11-13H,7-10H2,1-4H3,(H,23,25). The zero-order valence-corrected chi connectivity index (χ0v) is 18.8. The summed E-state index contributed by atoms with van der Waals surface area (Å²) in [7, 11) is -2.43. The number of hydrogen-bond donors (Lipinski definition) is 1. The molecule has 0 aromatic heterocycles. The molecule has 8 nitrogen and oxygen atoms in total. The van der Waals surface area contributed by atoms with E-state index in [1.807, 2.05) is 6.92 Å². The zero-order chi connectivity index (χ0) is 22.8. The molecule has 0 bridgehead atoms. The van der Waals surface area contributed by atoms with Crippen molar-refractivity contribution < 1.29 is 27.5 Å². The average Bonchev–Trinajstić information content (AvgIpc) is 2.76. The summed E-state index contributed by atoms with van der Waals surface area (Å²) in [5, 5.41) is 2.77. The third kappa shape index (κ3) is 4.79. The first-order chi connectivity index (χ1) is 14.6. The second kappa shape index (κ2) is 9.17. The van der Waals surface area contributed by atoms with Crippen LogP contribution in [0.2, 0.25) is 0 Å². The molecule has 31 heavy (non-hydrogen) atoms. The van der Waals surface area contributed by atoms with E-state index in [0.717, 1.165) is 11.1 Å². The Labute approximate surface area is 182 Å². The van der Waals surface area contributed by atoms with Gasteiger partial charge in [0, 0.05) is 24.3 Å². The highest BCUT2D eigenvalue weighted by molar-refractivity contribution is 7.89. The molecule has 2 aromatic carbocycles. The molecule has 0 saturated carbocycles. The molecule has 0 spiro atoms. The smallest absolute Gasteiger partial charge is 0.338 e. The van der Waals surface area contributed by atoms with Crippen molar-refractivity contribution in [1.29, 1.82) is 0 Å². The fourth-order valence-corrected chi connectivity index (χ4v) is 4.83. The van der Waals surface area contributed by atoms with Gasteiger partial charge in [-0.25, -0.2) is 13.2 Å². The number of amides is 1. The van der Waals surface area contributed by atoms with Gasteiger partial charge in [0.25, 0.3) is 5.91 Å². The lowest BCUT2D eigenvalue weighted by Crippen LogP contribution is -2.40. The summed E-state index contributed by atoms with van der Waals surface area (Å²) in [6, 6.07) is 7.81. The molecule has 1 aliphatic heterocycles. The summed E-state index contributed by atoms with van der Waals surface area (Å²) >= 11 is 0. The highest BCUT2D eigenvalue weighted by Gasteiger charge is 2.27. The molecule has 0 atom stereocenters. The van der Waals surface area contributed by atoms with Gasteiger partial charge in [-0.3, -0.25) is 4.79 Å². The number of methoxy groups -OCH3 is 1. The molecule has 2 aromatic rings. The molecule has 1 amide bonds. The van der Waals surface area contributed by atoms with Gasteiger partial charge < -0.3 is 14.8 Å². The molecule has 1 aliphatic rings. The summed E-state index contributed by atoms with van der Waals surface area (Å²) in [5.74, 6) is -0.956. The largest absolute Gasteiger partial charge is 0.465 e. The number of morpholine rings is 1. The second-order valence-corrected chi connectivity index (χ2v) is 9.34. The molecule has 0 aliphatic carbocycles. The molecule has 166 valence electrons. The van der Waals surface area contributed by atoms with Crippen LogP contribution < -0.4 is 5.32 Å². The number of carbonyl (C=O) groups is 2. The Morgan fingerprint density at radius 3 is 2.32 bits per heavy atom. The predicted octanol–water partition coefficient (Wildman–Crippen LogP) is 2.67. The Morgan fingerprint density at radius 1 is 1.00 bits per heavy atom. The van der Waals surface area contributed by atoms with E-state index in [1.165, 1.54) is 23.5 Å². The summed E-state index contributed by atoms with van der Waals surface area (Å²) in [6.45, 7) is 6.60. The van der Waals surface area contributed by atoms with E-state index in [4.69, 9.17) is 9.47 Å². The molecule has 1 saturated heterocycles. The maximum atomic E-state index is 13.0. The quantitative estimate of drug-likeness (QED) is 0.709. The van der Waals surface area contributed by atoms with E-state index in [9.17, 15) is 18.0 Å². The van der Waals surface area contributed by atoms with Crippen molar-refractivity contribution in [2.24, 2.45) is 0 Å². The number of hydrogen-bond acceptors (Lipinski definition) is 6. The molecule has 0 radical (unpaired) electrons. The van der Waals surface area contributed by atoms with Crippen LogP contribution in [0.3, 0.4) is 0 Å². The van der Waals surface area contributed by atoms with Gasteiger partial charge in [0.2, 0.25) is 10.0 Å². The molecule has 3 rings (SSSR count). The molecule has 9 heteroatoms. The summed E-state index contributed by atoms with van der Waals surface area (Å²) < 4.78 is 37.3. The molecule has 0 unspecified atom stereocenters. The van der Waals surface area contributed by atoms with Crippen molar-refractivity contribution in [3.8, 4) is 0 Å². The summed E-state index contributed by atoms with van der Waals surface area (Å²) in [5.41, 5.74) is 3.24. The lowest BCUT2D eigenvalue weighted by atomic mass is 10.0. The first-order valence-corrected chi connectivity index (χ1v) is 11.3. The number of rotatable bonds is 5. The SMILES string of the molecule is COC(=O)c1cc(NC(=O)c2cc(S(=O)(=O)N3CCOCC3)ccc2C)cc(C)c1C. The third-order valence-corrected chi connectivity index (χ3v) is 7.29. The zero-order valence-electron chi connectivity index (χ0n) is 18.0. The van der Waals surface area contributed by atoms with Crippen molar-refractivity contribution >= 4 is 27.6 Å². The van der Waals surface area contributed by atoms with Crippen molar-refractivity contribution in [1.82, 2.24) is 4.31 Å². The van der Waals surface area contributed by atoms with Crippen molar-refractivity contribution in [3.05, 3.63) is 58.1 Å². The van der Waals surface area contributed by atoms with Gasteiger partial charge >= 0.3 is 5.97 Å². The average molecular weight is 447 g/mol. The normalized spacial score (nSPS) is 14.8. The minimum atomic E-state index is -3.73. The van der Waals surface area contributed by atoms with E-state index in [1.54, 1.807) is 32.0 Å². The number of ether oxygens (including phenoxy) is 2. The van der Waals surface area contributed by atoms with E-state index >= 15 is 0 Å². The Hall–Kier alpha value is -2.75. The number of sulfonamides is 1. The molecular weight excluding hydrogens is 420 g/mol. The van der Waals surface area contributed by atoms with Gasteiger partial charge in [0.1, 0.15) is 0 Å². The Bertz CT molecular complexity index is 1120. The highest BCUT2D eigenvalue weighted by Crippen LogP contribution is 2.24. The van der Waals surface area contributed by atoms with Crippen LogP contribution in [-0.4, -0.2) is 58.0 Å². The van der Waals surface area contributed by atoms with E-state index < -0.39 is 21.9 Å². The number of nitrogens with zero attached hydrogens (tertiary/aromatic N) is 1. The maximum Gasteiger partial charge on any atom is 0.338 e. The lowest BCUT2D eigenvalue weighted by Gasteiger charge is -2.26. The maximum absolute atomic E-state index is 13.0. The summed E-state index contributed by atoms with van der Waals surface area (Å²) in [6.07, 6.45) is 0. The molecule has 1 heterocycles. The van der Waals surface area contributed by atoms with Gasteiger partial charge in [0.05, 0.1) is 30.8 Å². The van der Waals surface area contributed by atoms with Crippen LogP contribution in [0.15, 0.2) is 35.2 Å². The van der Waals surface area contributed by atoms with Crippen molar-refractivity contribution in [2.45, 2.75) is 25.7 Å². The number of nitrogens with one attached hydrogen (secondary N) is 1. The van der Waals surface area contributed by atoms with E-state index in [2.05, 4.69) is 5.32 Å². The number of anilines is 1. The van der Waals surface area contributed by atoms with E-state index in [0.29, 0.717) is 30.0 Å². The van der Waals surface area contributed by atoms with Crippen LogP contribution in [-0.2, 0) is 19.5 Å². The Kier molecular flexibility index (Phi) is 6.78. The van der Waals surface area contributed by atoms with Crippen LogP contribution in [0, 0.1) is 20.8 Å². The van der Waals surface area contributed by atoms with Crippen molar-refractivity contribution in [3.63, 3.8) is 0 Å². The number of benzene rings is 2. The minimum absolute atomic E-state index is 0.0560. The fraction of sp³-hybridized carbons (Fsp3) is 0.364. The third-order valence-electron chi connectivity index (χ3n) is 5.39. The fourth-order valence-electron chi connectivity index (χ4n) is 3.39. The lowest BCUT2D eigenvalue weighted by molar-refractivity contribution is 0.0599. The first-order valence-electron chi connectivity index (χ1n) is 9.84. The molecule has 1 N–H and O–H groups in total. The van der Waals surface area contributed by atoms with Gasteiger partial charge in [-0.2, -0.15) is 4.31 Å². The number of carbonyl (C=O) groups excluding carboxylic acids is 2. The van der Waals surface area contributed by atoms with Crippen molar-refractivity contribution in [2.75, 3.05) is 38.7 Å². The number of aryl methyl sites for hydroxylation is 2. The predicted molar refractivity (Wildman–Crippen MR) is 116 cm³/mol. The molecular formula is C22H26N2O6S. The van der Waals surface area contributed by atoms with Crippen LogP contribution in [0.25, 0.3) is 0 Å². The Morgan fingerprint density at radius 2 is 1.68 bits per heavy atom. The van der Waals surface area contributed by atoms with E-state index in [-0.39, 0.29) is 23.5 Å². The van der Waals surface area contributed by atoms with Crippen LogP contribution >= 0.6 is 0 Å². The van der Waals surface area contributed by atoms with Crippen LogP contribution in [0.4, 0.5) is 5.69 Å². The minimum Gasteiger partial charge on any atom is -0.465 e. The molecule has 1 fully saturated rings. The van der Waals surface area contributed by atoms with Crippen LogP contribution in [0.5, 0.6) is 0 Å². The topological polar surface area (TPSA) is 102 Å². The van der Waals surface area contributed by atoms with Gasteiger partial charge in [0.15, 0.2) is 0 Å². The summed E-state index contributed by atoms with van der Waals surface area (Å²) in [4.78, 5) is 25.1. The van der Waals surface area contributed by atoms with Gasteiger partial charge in [-0.05, 0) is 61.7 Å². The number of esters is 1.